The number of aromatic nitrogens is 3. The monoisotopic (exact) mass is 340 g/mol. The Morgan fingerprint density at radius 2 is 2.12 bits per heavy atom. The molecule has 5 heteroatoms. The van der Waals surface area contributed by atoms with Crippen molar-refractivity contribution in [3.8, 4) is 0 Å². The molecule has 0 fully saturated rings. The Bertz CT molecular complexity index is 467. The number of hydrogen-bond acceptors (Lipinski definition) is 4. The maximum Gasteiger partial charge on any atom is 0.131 e. The molecule has 0 radical (unpaired) electrons. The number of nitrogens with two attached hydrogens (primary N) is 1. The number of halogens is 1. The van der Waals surface area contributed by atoms with Crippen LogP contribution in [0.3, 0.4) is 0 Å². The fraction of sp³-hybridized carbons (Fsp3) is 0.250. The lowest BCUT2D eigenvalue weighted by molar-refractivity contribution is 0.806. The van der Waals surface area contributed by atoms with Crippen LogP contribution in [0.1, 0.15) is 17.5 Å². The van der Waals surface area contributed by atoms with Crippen LogP contribution in [0.15, 0.2) is 30.9 Å². The highest BCUT2D eigenvalue weighted by atomic mass is 127. The molecule has 0 unspecified atom stereocenters. The van der Waals surface area contributed by atoms with E-state index in [1.54, 1.807) is 6.20 Å². The molecule has 0 saturated carbocycles. The molecule has 0 aliphatic rings. The zero-order valence-electron chi connectivity index (χ0n) is 9.31. The first-order chi connectivity index (χ1) is 8.27. The summed E-state index contributed by atoms with van der Waals surface area (Å²) < 4.78 is 0.946. The normalized spacial score (nSPS) is 10.4. The quantitative estimate of drug-likeness (QED) is 0.685. The van der Waals surface area contributed by atoms with Gasteiger partial charge in [0.25, 0.3) is 0 Å². The van der Waals surface area contributed by atoms with Gasteiger partial charge < -0.3 is 5.73 Å². The number of anilines is 1. The summed E-state index contributed by atoms with van der Waals surface area (Å²) in [5, 5.41) is 0. The van der Waals surface area contributed by atoms with Crippen LogP contribution in [-0.4, -0.2) is 15.0 Å². The van der Waals surface area contributed by atoms with Gasteiger partial charge in [-0.25, -0.2) is 9.97 Å². The molecule has 0 aromatic carbocycles. The average Bonchev–Trinajstić information content (AvgIpc) is 2.34. The van der Waals surface area contributed by atoms with Crippen molar-refractivity contribution in [1.29, 1.82) is 0 Å². The molecular weight excluding hydrogens is 327 g/mol. The van der Waals surface area contributed by atoms with E-state index in [1.807, 2.05) is 12.3 Å². The summed E-state index contributed by atoms with van der Waals surface area (Å²) in [6, 6.07) is 4.04. The highest BCUT2D eigenvalue weighted by molar-refractivity contribution is 14.1. The molecular formula is C12H13IN4. The van der Waals surface area contributed by atoms with E-state index in [0.29, 0.717) is 5.82 Å². The second kappa shape index (κ2) is 5.90. The number of aryl methyl sites for hydroxylation is 1. The Kier molecular flexibility index (Phi) is 4.24. The van der Waals surface area contributed by atoms with Crippen LogP contribution in [0.4, 0.5) is 5.82 Å². The van der Waals surface area contributed by atoms with Crippen LogP contribution in [0.5, 0.6) is 0 Å². The van der Waals surface area contributed by atoms with Gasteiger partial charge in [0.1, 0.15) is 15.8 Å². The molecule has 0 bridgehead atoms. The van der Waals surface area contributed by atoms with Crippen LogP contribution < -0.4 is 5.73 Å². The van der Waals surface area contributed by atoms with Gasteiger partial charge in [0.05, 0.1) is 0 Å². The van der Waals surface area contributed by atoms with Crippen LogP contribution in [0.25, 0.3) is 0 Å². The van der Waals surface area contributed by atoms with E-state index in [2.05, 4.69) is 43.6 Å². The third-order valence-electron chi connectivity index (χ3n) is 2.54. The van der Waals surface area contributed by atoms with E-state index in [0.717, 1.165) is 28.5 Å². The SMILES string of the molecule is Nc1ncnc(I)c1CCCc1cccnc1. The first-order valence-electron chi connectivity index (χ1n) is 5.41. The van der Waals surface area contributed by atoms with Crippen LogP contribution in [0.2, 0.25) is 0 Å². The zero-order valence-corrected chi connectivity index (χ0v) is 11.5. The summed E-state index contributed by atoms with van der Waals surface area (Å²) in [4.78, 5) is 12.3. The second-order valence-corrected chi connectivity index (χ2v) is 4.76. The summed E-state index contributed by atoms with van der Waals surface area (Å²) in [5.74, 6) is 0.593. The lowest BCUT2D eigenvalue weighted by atomic mass is 10.1. The lowest BCUT2D eigenvalue weighted by Gasteiger charge is -2.06. The smallest absolute Gasteiger partial charge is 0.131 e. The minimum absolute atomic E-state index is 0.593. The van der Waals surface area contributed by atoms with E-state index in [4.69, 9.17) is 5.73 Å². The van der Waals surface area contributed by atoms with Crippen molar-refractivity contribution in [2.24, 2.45) is 0 Å². The van der Waals surface area contributed by atoms with Gasteiger partial charge in [-0.2, -0.15) is 0 Å². The van der Waals surface area contributed by atoms with Gasteiger partial charge in [-0.15, -0.1) is 0 Å². The Morgan fingerprint density at radius 1 is 1.24 bits per heavy atom. The van der Waals surface area contributed by atoms with Gasteiger partial charge in [-0.05, 0) is 53.5 Å². The largest absolute Gasteiger partial charge is 0.383 e. The highest BCUT2D eigenvalue weighted by Gasteiger charge is 2.06. The molecule has 2 rings (SSSR count). The molecule has 17 heavy (non-hydrogen) atoms. The van der Waals surface area contributed by atoms with Crippen molar-refractivity contribution in [3.05, 3.63) is 45.7 Å². The summed E-state index contributed by atoms with van der Waals surface area (Å²) in [5.41, 5.74) is 8.13. The van der Waals surface area contributed by atoms with Crippen LogP contribution >= 0.6 is 22.6 Å². The summed E-state index contributed by atoms with van der Waals surface area (Å²) >= 11 is 2.20. The third kappa shape index (κ3) is 3.36. The maximum atomic E-state index is 5.83. The highest BCUT2D eigenvalue weighted by Crippen LogP contribution is 2.17. The average molecular weight is 340 g/mol. The first-order valence-corrected chi connectivity index (χ1v) is 6.49. The maximum absolute atomic E-state index is 5.83. The van der Waals surface area contributed by atoms with E-state index in [9.17, 15) is 0 Å². The van der Waals surface area contributed by atoms with Crippen molar-refractivity contribution in [2.45, 2.75) is 19.3 Å². The molecule has 0 spiro atoms. The minimum Gasteiger partial charge on any atom is -0.383 e. The van der Waals surface area contributed by atoms with Gasteiger partial charge in [-0.1, -0.05) is 6.07 Å². The molecule has 0 aliphatic carbocycles. The van der Waals surface area contributed by atoms with Crippen molar-refractivity contribution in [1.82, 2.24) is 15.0 Å². The summed E-state index contributed by atoms with van der Waals surface area (Å²) in [7, 11) is 0. The number of nitrogen functional groups attached to an aromatic ring is 1. The Balaban J connectivity index is 1.95. The fourth-order valence-electron chi connectivity index (χ4n) is 1.65. The van der Waals surface area contributed by atoms with Gasteiger partial charge in [0, 0.05) is 18.0 Å². The zero-order chi connectivity index (χ0) is 12.1. The van der Waals surface area contributed by atoms with Gasteiger partial charge in [0.15, 0.2) is 0 Å². The first kappa shape index (κ1) is 12.2. The predicted molar refractivity (Wildman–Crippen MR) is 75.4 cm³/mol. The lowest BCUT2D eigenvalue weighted by Crippen LogP contribution is -2.03. The molecule has 0 atom stereocenters. The van der Waals surface area contributed by atoms with Gasteiger partial charge in [-0.3, -0.25) is 4.98 Å². The molecule has 2 aromatic heterocycles. The van der Waals surface area contributed by atoms with Gasteiger partial charge >= 0.3 is 0 Å². The number of rotatable bonds is 4. The molecule has 2 aromatic rings. The van der Waals surface area contributed by atoms with Crippen LogP contribution in [-0.2, 0) is 12.8 Å². The molecule has 0 saturated heterocycles. The van der Waals surface area contributed by atoms with Crippen molar-refractivity contribution >= 4 is 28.4 Å². The van der Waals surface area contributed by atoms with Crippen molar-refractivity contribution in [3.63, 3.8) is 0 Å². The number of hydrogen-bond donors (Lipinski definition) is 1. The number of pyridine rings is 1. The predicted octanol–water partition coefficient (Wildman–Crippen LogP) is 2.23. The Morgan fingerprint density at radius 3 is 2.82 bits per heavy atom. The summed E-state index contributed by atoms with van der Waals surface area (Å²) in [6.45, 7) is 0. The molecule has 88 valence electrons. The molecule has 4 nitrogen and oxygen atoms in total. The molecule has 0 amide bonds. The molecule has 0 aliphatic heterocycles. The standard InChI is InChI=1S/C12H13IN4/c13-11-10(12(14)17-8-16-11)5-1-3-9-4-2-6-15-7-9/h2,4,6-8H,1,3,5H2,(H2,14,16,17). The van der Waals surface area contributed by atoms with E-state index in [1.165, 1.54) is 11.9 Å². The van der Waals surface area contributed by atoms with Crippen molar-refractivity contribution < 1.29 is 0 Å². The van der Waals surface area contributed by atoms with E-state index in [-0.39, 0.29) is 0 Å². The Hall–Kier alpha value is -1.24. The van der Waals surface area contributed by atoms with Crippen LogP contribution in [0, 0.1) is 3.70 Å². The Labute approximate surface area is 114 Å². The molecule has 2 heterocycles. The number of nitrogens with zero attached hydrogens (tertiary/aromatic N) is 3. The second-order valence-electron chi connectivity index (χ2n) is 3.74. The van der Waals surface area contributed by atoms with E-state index >= 15 is 0 Å². The van der Waals surface area contributed by atoms with E-state index < -0.39 is 0 Å². The third-order valence-corrected chi connectivity index (χ3v) is 3.47. The van der Waals surface area contributed by atoms with Crippen molar-refractivity contribution in [2.75, 3.05) is 5.73 Å². The molecule has 2 N–H and O–H groups in total. The van der Waals surface area contributed by atoms with Gasteiger partial charge in [0.2, 0.25) is 0 Å². The summed E-state index contributed by atoms with van der Waals surface area (Å²) in [6.07, 6.45) is 8.12. The minimum atomic E-state index is 0.593. The topological polar surface area (TPSA) is 64.7 Å². The fourth-order valence-corrected chi connectivity index (χ4v) is 2.32.